The third kappa shape index (κ3) is 2.92. The summed E-state index contributed by atoms with van der Waals surface area (Å²) in [5, 5.41) is 10.4. The Morgan fingerprint density at radius 1 is 1.05 bits per heavy atom. The summed E-state index contributed by atoms with van der Waals surface area (Å²) in [7, 11) is 0. The van der Waals surface area contributed by atoms with Crippen molar-refractivity contribution in [1.29, 1.82) is 0 Å². The highest BCUT2D eigenvalue weighted by atomic mass is 32.2. The number of aryl methyl sites for hydroxylation is 2. The van der Waals surface area contributed by atoms with Crippen molar-refractivity contribution in [2.24, 2.45) is 0 Å². The molecule has 1 nitrogen and oxygen atoms in total. The van der Waals surface area contributed by atoms with Crippen molar-refractivity contribution < 1.29 is 5.11 Å². The second-order valence-corrected chi connectivity index (χ2v) is 6.33. The topological polar surface area (TPSA) is 20.2 Å². The van der Waals surface area contributed by atoms with E-state index in [1.807, 2.05) is 12.1 Å². The van der Waals surface area contributed by atoms with Crippen molar-refractivity contribution in [2.45, 2.75) is 36.7 Å². The van der Waals surface area contributed by atoms with Crippen molar-refractivity contribution in [3.63, 3.8) is 0 Å². The lowest BCUT2D eigenvalue weighted by Gasteiger charge is -2.12. The Morgan fingerprint density at radius 3 is 2.55 bits per heavy atom. The van der Waals surface area contributed by atoms with E-state index < -0.39 is 6.10 Å². The number of thioether (sulfide) groups is 1. The maximum absolute atomic E-state index is 10.4. The monoisotopic (exact) mass is 284 g/mol. The number of aliphatic hydroxyl groups excluding tert-OH is 1. The molecular formula is C18H20OS. The fourth-order valence-electron chi connectivity index (χ4n) is 2.92. The number of aliphatic hydroxyl groups is 1. The molecule has 1 unspecified atom stereocenters. The Bertz CT molecular complexity index is 589. The Labute approximate surface area is 125 Å². The maximum Gasteiger partial charge on any atom is 0.0830 e. The molecule has 1 N–H and O–H groups in total. The van der Waals surface area contributed by atoms with Gasteiger partial charge in [-0.15, -0.1) is 11.8 Å². The number of rotatable bonds is 4. The largest absolute Gasteiger partial charge is 0.388 e. The molecule has 1 aliphatic rings. The van der Waals surface area contributed by atoms with Crippen LogP contribution >= 0.6 is 11.8 Å². The highest BCUT2D eigenvalue weighted by molar-refractivity contribution is 7.98. The Hall–Kier alpha value is -1.25. The highest BCUT2D eigenvalue weighted by Crippen LogP contribution is 2.26. The molecule has 0 saturated heterocycles. The normalized spacial score (nSPS) is 15.1. The van der Waals surface area contributed by atoms with Crippen LogP contribution in [-0.4, -0.2) is 11.4 Å². The molecule has 0 heterocycles. The van der Waals surface area contributed by atoms with Crippen LogP contribution in [0.5, 0.6) is 0 Å². The molecule has 0 spiro atoms. The molecule has 0 aliphatic heterocycles. The fraction of sp³-hybridized carbons (Fsp3) is 0.333. The third-order valence-electron chi connectivity index (χ3n) is 4.09. The molecule has 0 aromatic heterocycles. The number of hydrogen-bond donors (Lipinski definition) is 1. The smallest absolute Gasteiger partial charge is 0.0830 e. The molecule has 20 heavy (non-hydrogen) atoms. The first kappa shape index (κ1) is 13.7. The molecule has 104 valence electrons. The van der Waals surface area contributed by atoms with Gasteiger partial charge < -0.3 is 5.11 Å². The quantitative estimate of drug-likeness (QED) is 0.850. The molecule has 0 fully saturated rings. The predicted octanol–water partition coefficient (Wildman–Crippen LogP) is 4.17. The van der Waals surface area contributed by atoms with Gasteiger partial charge in [-0.05, 0) is 59.9 Å². The second kappa shape index (κ2) is 6.02. The van der Waals surface area contributed by atoms with Crippen LogP contribution in [0, 0.1) is 0 Å². The van der Waals surface area contributed by atoms with E-state index in [1.165, 1.54) is 40.8 Å². The van der Waals surface area contributed by atoms with E-state index in [-0.39, 0.29) is 0 Å². The van der Waals surface area contributed by atoms with E-state index in [2.05, 4.69) is 36.6 Å². The van der Waals surface area contributed by atoms with Gasteiger partial charge in [0.15, 0.2) is 0 Å². The van der Waals surface area contributed by atoms with Crippen molar-refractivity contribution in [3.05, 3.63) is 64.7 Å². The zero-order valence-corrected chi connectivity index (χ0v) is 12.6. The van der Waals surface area contributed by atoms with E-state index in [0.717, 1.165) is 5.56 Å². The summed E-state index contributed by atoms with van der Waals surface area (Å²) >= 11 is 1.73. The second-order valence-electron chi connectivity index (χ2n) is 5.45. The van der Waals surface area contributed by atoms with Crippen molar-refractivity contribution in [2.75, 3.05) is 6.26 Å². The van der Waals surface area contributed by atoms with Crippen LogP contribution < -0.4 is 0 Å². The van der Waals surface area contributed by atoms with E-state index in [1.54, 1.807) is 11.8 Å². The summed E-state index contributed by atoms with van der Waals surface area (Å²) in [5.74, 6) is 0. The van der Waals surface area contributed by atoms with Gasteiger partial charge in [-0.2, -0.15) is 0 Å². The zero-order chi connectivity index (χ0) is 13.9. The molecular weight excluding hydrogens is 264 g/mol. The minimum Gasteiger partial charge on any atom is -0.388 e. The predicted molar refractivity (Wildman–Crippen MR) is 85.4 cm³/mol. The Morgan fingerprint density at radius 2 is 1.80 bits per heavy atom. The number of benzene rings is 2. The average molecular weight is 284 g/mol. The van der Waals surface area contributed by atoms with Crippen molar-refractivity contribution in [1.82, 2.24) is 0 Å². The molecule has 2 aromatic carbocycles. The van der Waals surface area contributed by atoms with Gasteiger partial charge in [0.1, 0.15) is 0 Å². The summed E-state index contributed by atoms with van der Waals surface area (Å²) in [6.45, 7) is 0. The zero-order valence-electron chi connectivity index (χ0n) is 11.8. The minimum absolute atomic E-state index is 0.412. The summed E-state index contributed by atoms with van der Waals surface area (Å²) in [6, 6.07) is 14.9. The maximum atomic E-state index is 10.4. The average Bonchev–Trinajstić information content (AvgIpc) is 2.95. The first-order chi connectivity index (χ1) is 9.76. The van der Waals surface area contributed by atoms with E-state index in [0.29, 0.717) is 6.42 Å². The van der Waals surface area contributed by atoms with Gasteiger partial charge in [0.2, 0.25) is 0 Å². The molecule has 0 saturated carbocycles. The van der Waals surface area contributed by atoms with Crippen molar-refractivity contribution >= 4 is 11.8 Å². The number of hydrogen-bond acceptors (Lipinski definition) is 2. The summed E-state index contributed by atoms with van der Waals surface area (Å²) in [4.78, 5) is 1.23. The first-order valence-corrected chi connectivity index (χ1v) is 8.41. The van der Waals surface area contributed by atoms with E-state index >= 15 is 0 Å². The van der Waals surface area contributed by atoms with Gasteiger partial charge in [-0.25, -0.2) is 0 Å². The van der Waals surface area contributed by atoms with Gasteiger partial charge in [0.25, 0.3) is 0 Å². The molecule has 2 aromatic rings. The van der Waals surface area contributed by atoms with E-state index in [9.17, 15) is 5.11 Å². The SMILES string of the molecule is CSc1ccc(C(O)Cc2ccc3c(c2)CCC3)cc1. The molecule has 0 amide bonds. The summed E-state index contributed by atoms with van der Waals surface area (Å²) in [6.07, 6.45) is 6.04. The lowest BCUT2D eigenvalue weighted by molar-refractivity contribution is 0.178. The molecule has 0 bridgehead atoms. The first-order valence-electron chi connectivity index (χ1n) is 7.19. The number of fused-ring (bicyclic) bond motifs is 1. The van der Waals surface area contributed by atoms with Crippen LogP contribution in [0.15, 0.2) is 47.4 Å². The highest BCUT2D eigenvalue weighted by Gasteiger charge is 2.13. The van der Waals surface area contributed by atoms with Gasteiger partial charge in [-0.3, -0.25) is 0 Å². The molecule has 3 rings (SSSR count). The summed E-state index contributed by atoms with van der Waals surface area (Å²) < 4.78 is 0. The Kier molecular flexibility index (Phi) is 4.13. The van der Waals surface area contributed by atoms with Crippen LogP contribution in [0.2, 0.25) is 0 Å². The van der Waals surface area contributed by atoms with Gasteiger partial charge >= 0.3 is 0 Å². The van der Waals surface area contributed by atoms with E-state index in [4.69, 9.17) is 0 Å². The third-order valence-corrected chi connectivity index (χ3v) is 4.84. The van der Waals surface area contributed by atoms with Crippen LogP contribution in [0.3, 0.4) is 0 Å². The molecule has 1 aliphatic carbocycles. The standard InChI is InChI=1S/C18H20OS/c1-20-17-9-7-15(8-10-17)18(19)12-13-5-6-14-3-2-4-16(14)11-13/h5-11,18-19H,2-4,12H2,1H3. The molecule has 0 radical (unpaired) electrons. The van der Waals surface area contributed by atoms with Crippen LogP contribution in [0.25, 0.3) is 0 Å². The van der Waals surface area contributed by atoms with Crippen LogP contribution in [0.1, 0.15) is 34.8 Å². The molecule has 2 heteroatoms. The minimum atomic E-state index is -0.412. The molecule has 1 atom stereocenters. The van der Waals surface area contributed by atoms with Gasteiger partial charge in [-0.1, -0.05) is 30.3 Å². The fourth-order valence-corrected chi connectivity index (χ4v) is 3.33. The van der Waals surface area contributed by atoms with Crippen LogP contribution in [-0.2, 0) is 19.3 Å². The lowest BCUT2D eigenvalue weighted by atomic mass is 9.98. The van der Waals surface area contributed by atoms with Gasteiger partial charge in [0.05, 0.1) is 6.10 Å². The Balaban J connectivity index is 1.73. The van der Waals surface area contributed by atoms with Crippen molar-refractivity contribution in [3.8, 4) is 0 Å². The lowest BCUT2D eigenvalue weighted by Crippen LogP contribution is -2.02. The van der Waals surface area contributed by atoms with Crippen LogP contribution in [0.4, 0.5) is 0 Å². The van der Waals surface area contributed by atoms with Gasteiger partial charge in [0, 0.05) is 11.3 Å². The summed E-state index contributed by atoms with van der Waals surface area (Å²) in [5.41, 5.74) is 5.22.